The molecule has 2 amide bonds. The molecule has 2 fully saturated rings. The van der Waals surface area contributed by atoms with E-state index in [1.165, 1.54) is 32.1 Å². The molecule has 4 nitrogen and oxygen atoms in total. The van der Waals surface area contributed by atoms with Crippen LogP contribution in [0, 0.1) is 22.7 Å². The summed E-state index contributed by atoms with van der Waals surface area (Å²) in [5.74, 6) is 2.03. The van der Waals surface area contributed by atoms with Crippen molar-refractivity contribution >= 4 is 11.8 Å². The number of amides is 2. The van der Waals surface area contributed by atoms with E-state index in [-0.39, 0.29) is 22.6 Å². The predicted molar refractivity (Wildman–Crippen MR) is 116 cm³/mol. The van der Waals surface area contributed by atoms with Crippen molar-refractivity contribution < 1.29 is 9.59 Å². The zero-order valence-electron chi connectivity index (χ0n) is 19.2. The third-order valence-electron chi connectivity index (χ3n) is 7.21. The second-order valence-electron chi connectivity index (χ2n) is 11.1. The summed E-state index contributed by atoms with van der Waals surface area (Å²) in [6.45, 7) is 12.1. The maximum absolute atomic E-state index is 12.4. The fourth-order valence-electron chi connectivity index (χ4n) is 4.50. The molecule has 28 heavy (non-hydrogen) atoms. The first-order chi connectivity index (χ1) is 13.0. The first-order valence-corrected chi connectivity index (χ1v) is 11.6. The summed E-state index contributed by atoms with van der Waals surface area (Å²) in [4.78, 5) is 24.6. The standard InChI is InChI=1S/C24H44N2O2/c1-7-24(5,6)22(28)26-20-14-10-18(11-15-20)16-17-8-12-19(13-9-17)25-21(27)23(2,3)4/h17-20H,7-16H2,1-6H3,(H,25,27)(H,26,28). The maximum Gasteiger partial charge on any atom is 0.225 e. The summed E-state index contributed by atoms with van der Waals surface area (Å²) < 4.78 is 0. The Morgan fingerprint density at radius 3 is 1.46 bits per heavy atom. The Hall–Kier alpha value is -1.06. The van der Waals surface area contributed by atoms with Gasteiger partial charge in [-0.1, -0.05) is 41.5 Å². The van der Waals surface area contributed by atoms with Crippen LogP contribution in [-0.2, 0) is 9.59 Å². The smallest absolute Gasteiger partial charge is 0.225 e. The first kappa shape index (κ1) is 23.2. The third kappa shape index (κ3) is 6.77. The van der Waals surface area contributed by atoms with E-state index in [1.807, 2.05) is 34.6 Å². The van der Waals surface area contributed by atoms with E-state index in [0.29, 0.717) is 12.1 Å². The summed E-state index contributed by atoms with van der Waals surface area (Å²) in [7, 11) is 0. The maximum atomic E-state index is 12.4. The number of nitrogens with one attached hydrogen (secondary N) is 2. The molecule has 4 heteroatoms. The minimum Gasteiger partial charge on any atom is -0.353 e. The molecule has 0 radical (unpaired) electrons. The van der Waals surface area contributed by atoms with Crippen molar-refractivity contribution in [3.05, 3.63) is 0 Å². The Labute approximate surface area is 173 Å². The number of rotatable bonds is 6. The Balaban J connectivity index is 1.66. The Kier molecular flexibility index (Phi) is 7.98. The predicted octanol–water partition coefficient (Wildman–Crippen LogP) is 5.21. The fraction of sp³-hybridized carbons (Fsp3) is 0.917. The summed E-state index contributed by atoms with van der Waals surface area (Å²) in [6.07, 6.45) is 11.7. The lowest BCUT2D eigenvalue weighted by Crippen LogP contribution is -2.44. The third-order valence-corrected chi connectivity index (χ3v) is 7.21. The van der Waals surface area contributed by atoms with Gasteiger partial charge >= 0.3 is 0 Å². The highest BCUT2D eigenvalue weighted by atomic mass is 16.2. The van der Waals surface area contributed by atoms with Crippen molar-refractivity contribution in [2.75, 3.05) is 0 Å². The molecule has 2 aliphatic carbocycles. The molecular weight excluding hydrogens is 348 g/mol. The zero-order chi connectivity index (χ0) is 20.9. The van der Waals surface area contributed by atoms with E-state index >= 15 is 0 Å². The van der Waals surface area contributed by atoms with Crippen LogP contribution in [0.4, 0.5) is 0 Å². The molecule has 0 bridgehead atoms. The largest absolute Gasteiger partial charge is 0.353 e. The fourth-order valence-corrected chi connectivity index (χ4v) is 4.50. The molecule has 2 N–H and O–H groups in total. The highest BCUT2D eigenvalue weighted by molar-refractivity contribution is 5.82. The van der Waals surface area contributed by atoms with Crippen molar-refractivity contribution in [2.24, 2.45) is 22.7 Å². The van der Waals surface area contributed by atoms with Crippen LogP contribution < -0.4 is 10.6 Å². The quantitative estimate of drug-likeness (QED) is 0.652. The van der Waals surface area contributed by atoms with Crippen LogP contribution in [-0.4, -0.2) is 23.9 Å². The number of hydrogen-bond acceptors (Lipinski definition) is 2. The van der Waals surface area contributed by atoms with Gasteiger partial charge < -0.3 is 10.6 Å². The van der Waals surface area contributed by atoms with Crippen molar-refractivity contribution in [3.8, 4) is 0 Å². The minimum atomic E-state index is -0.294. The monoisotopic (exact) mass is 392 g/mol. The molecule has 0 aromatic rings. The topological polar surface area (TPSA) is 58.2 Å². The van der Waals surface area contributed by atoms with Gasteiger partial charge in [0.25, 0.3) is 0 Å². The lowest BCUT2D eigenvalue weighted by Gasteiger charge is -2.36. The summed E-state index contributed by atoms with van der Waals surface area (Å²) in [5, 5.41) is 6.54. The Morgan fingerprint density at radius 2 is 1.11 bits per heavy atom. The Bertz CT molecular complexity index is 519. The van der Waals surface area contributed by atoms with Crippen LogP contribution in [0.15, 0.2) is 0 Å². The Morgan fingerprint density at radius 1 is 0.714 bits per heavy atom. The van der Waals surface area contributed by atoms with Gasteiger partial charge in [0.05, 0.1) is 0 Å². The average Bonchev–Trinajstić information content (AvgIpc) is 2.64. The summed E-state index contributed by atoms with van der Waals surface area (Å²) in [5.41, 5.74) is -0.546. The molecule has 0 atom stereocenters. The van der Waals surface area contributed by atoms with E-state index < -0.39 is 0 Å². The van der Waals surface area contributed by atoms with Gasteiger partial charge in [0.1, 0.15) is 0 Å². The first-order valence-electron chi connectivity index (χ1n) is 11.6. The van der Waals surface area contributed by atoms with Gasteiger partial charge in [0.15, 0.2) is 0 Å². The number of hydrogen-bond donors (Lipinski definition) is 2. The molecule has 0 heterocycles. The van der Waals surface area contributed by atoms with E-state index in [1.54, 1.807) is 0 Å². The summed E-state index contributed by atoms with van der Waals surface area (Å²) >= 11 is 0. The van der Waals surface area contributed by atoms with Crippen LogP contribution in [0.5, 0.6) is 0 Å². The highest BCUT2D eigenvalue weighted by Crippen LogP contribution is 2.36. The van der Waals surface area contributed by atoms with E-state index in [4.69, 9.17) is 0 Å². The number of carbonyl (C=O) groups is 2. The van der Waals surface area contributed by atoms with Gasteiger partial charge in [-0.05, 0) is 76.0 Å². The van der Waals surface area contributed by atoms with Crippen molar-refractivity contribution in [2.45, 2.75) is 118 Å². The van der Waals surface area contributed by atoms with Gasteiger partial charge in [-0.25, -0.2) is 0 Å². The molecule has 2 rings (SSSR count). The van der Waals surface area contributed by atoms with Gasteiger partial charge in [-0.2, -0.15) is 0 Å². The van der Waals surface area contributed by atoms with Gasteiger partial charge in [-0.15, -0.1) is 0 Å². The molecular formula is C24H44N2O2. The van der Waals surface area contributed by atoms with E-state index in [0.717, 1.165) is 43.9 Å². The molecule has 0 saturated heterocycles. The minimum absolute atomic E-state index is 0.183. The summed E-state index contributed by atoms with van der Waals surface area (Å²) in [6, 6.07) is 0.744. The van der Waals surface area contributed by atoms with E-state index in [2.05, 4.69) is 17.6 Å². The van der Waals surface area contributed by atoms with Gasteiger partial charge in [0.2, 0.25) is 11.8 Å². The highest BCUT2D eigenvalue weighted by Gasteiger charge is 2.31. The SMILES string of the molecule is CCC(C)(C)C(=O)NC1CCC(CC2CCC(NC(=O)C(C)(C)C)CC2)CC1. The molecule has 162 valence electrons. The lowest BCUT2D eigenvalue weighted by molar-refractivity contribution is -0.130. The van der Waals surface area contributed by atoms with Crippen LogP contribution in [0.3, 0.4) is 0 Å². The average molecular weight is 393 g/mol. The van der Waals surface area contributed by atoms with Crippen LogP contribution >= 0.6 is 0 Å². The lowest BCUT2D eigenvalue weighted by atomic mass is 9.75. The second-order valence-corrected chi connectivity index (χ2v) is 11.1. The zero-order valence-corrected chi connectivity index (χ0v) is 19.2. The van der Waals surface area contributed by atoms with Gasteiger partial charge in [-0.3, -0.25) is 9.59 Å². The molecule has 0 spiro atoms. The van der Waals surface area contributed by atoms with Crippen molar-refractivity contribution in [3.63, 3.8) is 0 Å². The van der Waals surface area contributed by atoms with Crippen molar-refractivity contribution in [1.29, 1.82) is 0 Å². The number of carbonyl (C=O) groups excluding carboxylic acids is 2. The molecule has 0 aromatic carbocycles. The second kappa shape index (κ2) is 9.63. The molecule has 0 unspecified atom stereocenters. The molecule has 2 saturated carbocycles. The molecule has 0 aliphatic heterocycles. The van der Waals surface area contributed by atoms with Crippen LogP contribution in [0.1, 0.15) is 106 Å². The van der Waals surface area contributed by atoms with Crippen molar-refractivity contribution in [1.82, 2.24) is 10.6 Å². The van der Waals surface area contributed by atoms with Crippen LogP contribution in [0.25, 0.3) is 0 Å². The molecule has 0 aromatic heterocycles. The normalized spacial score (nSPS) is 29.2. The van der Waals surface area contributed by atoms with Gasteiger partial charge in [0, 0.05) is 22.9 Å². The van der Waals surface area contributed by atoms with Crippen LogP contribution in [0.2, 0.25) is 0 Å². The van der Waals surface area contributed by atoms with E-state index in [9.17, 15) is 9.59 Å². The molecule has 2 aliphatic rings.